The van der Waals surface area contributed by atoms with E-state index in [2.05, 4.69) is 30.8 Å². The fourth-order valence-electron chi connectivity index (χ4n) is 4.33. The van der Waals surface area contributed by atoms with Gasteiger partial charge in [0.05, 0.1) is 42.4 Å². The van der Waals surface area contributed by atoms with Gasteiger partial charge in [-0.1, -0.05) is 12.1 Å². The Morgan fingerprint density at radius 2 is 1.97 bits per heavy atom. The summed E-state index contributed by atoms with van der Waals surface area (Å²) < 4.78 is 42.6. The molecule has 1 atom stereocenters. The average Bonchev–Trinajstić information content (AvgIpc) is 3.57. The molecular weight excluding hydrogens is 502 g/mol. The highest BCUT2D eigenvalue weighted by molar-refractivity contribution is 5.84. The molecule has 3 N–H and O–H groups in total. The number of halogens is 2. The van der Waals surface area contributed by atoms with E-state index in [1.807, 2.05) is 0 Å². The molecule has 0 bridgehead atoms. The van der Waals surface area contributed by atoms with Gasteiger partial charge in [-0.15, -0.1) is 10.2 Å². The fourth-order valence-corrected chi connectivity index (χ4v) is 4.33. The third kappa shape index (κ3) is 4.14. The van der Waals surface area contributed by atoms with E-state index >= 15 is 4.39 Å². The summed E-state index contributed by atoms with van der Waals surface area (Å²) in [7, 11) is 0. The minimum absolute atomic E-state index is 0.0218. The molecule has 4 heterocycles. The van der Waals surface area contributed by atoms with Crippen molar-refractivity contribution >= 4 is 28.4 Å². The predicted octanol–water partition coefficient (Wildman–Crippen LogP) is 2.80. The van der Waals surface area contributed by atoms with E-state index in [0.717, 1.165) is 6.39 Å². The van der Waals surface area contributed by atoms with Gasteiger partial charge in [0.25, 0.3) is 11.4 Å². The van der Waals surface area contributed by atoms with Crippen molar-refractivity contribution in [3.63, 3.8) is 0 Å². The van der Waals surface area contributed by atoms with Gasteiger partial charge in [0.1, 0.15) is 23.9 Å². The molecule has 12 nitrogen and oxygen atoms in total. The average molecular weight is 522 g/mol. The SMILES string of the molecule is O=c1c2ccc(Nc3ncc(-c4nnco4)c(N[C@H](CO)c4ccc(F)cc4)n3)c(F)c2n2n1COCC2. The van der Waals surface area contributed by atoms with E-state index in [9.17, 15) is 14.3 Å². The van der Waals surface area contributed by atoms with Crippen LogP contribution in [0.2, 0.25) is 0 Å². The molecule has 0 amide bonds. The number of aliphatic hydroxyl groups is 1. The Bertz CT molecular complexity index is 1670. The van der Waals surface area contributed by atoms with E-state index in [-0.39, 0.29) is 53.1 Å². The molecule has 0 saturated heterocycles. The van der Waals surface area contributed by atoms with Crippen molar-refractivity contribution in [2.45, 2.75) is 19.3 Å². The van der Waals surface area contributed by atoms with Crippen LogP contribution in [-0.2, 0) is 18.0 Å². The molecule has 3 aromatic heterocycles. The van der Waals surface area contributed by atoms with Gasteiger partial charge in [0.15, 0.2) is 5.82 Å². The third-order valence-corrected chi connectivity index (χ3v) is 6.18. The second-order valence-corrected chi connectivity index (χ2v) is 8.44. The zero-order chi connectivity index (χ0) is 26.2. The Hall–Kier alpha value is -4.69. The van der Waals surface area contributed by atoms with Crippen molar-refractivity contribution in [1.82, 2.24) is 29.5 Å². The summed E-state index contributed by atoms with van der Waals surface area (Å²) in [6.07, 6.45) is 2.55. The Balaban J connectivity index is 1.38. The summed E-state index contributed by atoms with van der Waals surface area (Å²) in [5.41, 5.74) is 0.799. The highest BCUT2D eigenvalue weighted by Crippen LogP contribution is 2.31. The predicted molar refractivity (Wildman–Crippen MR) is 131 cm³/mol. The number of benzene rings is 2. The molecule has 0 spiro atoms. The van der Waals surface area contributed by atoms with Crippen molar-refractivity contribution in [3.8, 4) is 11.5 Å². The van der Waals surface area contributed by atoms with Crippen LogP contribution < -0.4 is 16.2 Å². The fraction of sp³-hybridized carbons (Fsp3) is 0.208. The maximum Gasteiger partial charge on any atom is 0.276 e. The van der Waals surface area contributed by atoms with Crippen LogP contribution in [0.25, 0.3) is 22.4 Å². The topological polar surface area (TPSA) is 145 Å². The summed E-state index contributed by atoms with van der Waals surface area (Å²) in [4.78, 5) is 21.4. The number of anilines is 3. The number of hydrogen-bond donors (Lipinski definition) is 3. The number of fused-ring (bicyclic) bond motifs is 3. The molecule has 194 valence electrons. The van der Waals surface area contributed by atoms with E-state index in [4.69, 9.17) is 9.15 Å². The van der Waals surface area contributed by atoms with E-state index < -0.39 is 17.7 Å². The minimum Gasteiger partial charge on any atom is -0.423 e. The number of ether oxygens (including phenoxy) is 1. The van der Waals surface area contributed by atoms with Crippen molar-refractivity contribution in [1.29, 1.82) is 0 Å². The number of nitrogens with zero attached hydrogens (tertiary/aromatic N) is 6. The lowest BCUT2D eigenvalue weighted by molar-refractivity contribution is 0.0154. The Labute approximate surface area is 212 Å². The van der Waals surface area contributed by atoms with Gasteiger partial charge < -0.3 is 24.9 Å². The summed E-state index contributed by atoms with van der Waals surface area (Å²) in [5, 5.41) is 23.8. The monoisotopic (exact) mass is 522 g/mol. The van der Waals surface area contributed by atoms with Crippen LogP contribution in [0.1, 0.15) is 11.6 Å². The Morgan fingerprint density at radius 3 is 2.74 bits per heavy atom. The maximum atomic E-state index is 15.6. The van der Waals surface area contributed by atoms with Gasteiger partial charge in [-0.3, -0.25) is 9.48 Å². The molecule has 38 heavy (non-hydrogen) atoms. The molecule has 6 rings (SSSR count). The minimum atomic E-state index is -0.671. The standard InChI is InChI=1S/C24H20F2N8O4/c25-14-3-1-13(2-4-14)18(10-35)29-21-16(22-32-28-11-38-22)9-27-24(31-21)30-17-6-5-15-20(19(17)26)33-7-8-37-12-34(33)23(15)36/h1-6,9,11,18,35H,7-8,10,12H2,(H2,27,29,30,31)/t18-/m1/s1. The first kappa shape index (κ1) is 23.7. The molecule has 14 heteroatoms. The molecular formula is C24H20F2N8O4. The quantitative estimate of drug-likeness (QED) is 0.292. The van der Waals surface area contributed by atoms with E-state index in [0.29, 0.717) is 24.3 Å². The summed E-state index contributed by atoms with van der Waals surface area (Å²) in [5.74, 6) is -0.716. The number of nitrogens with one attached hydrogen (secondary N) is 2. The number of aliphatic hydroxyl groups excluding tert-OH is 1. The maximum absolute atomic E-state index is 15.6. The van der Waals surface area contributed by atoms with Crippen molar-refractivity contribution in [2.24, 2.45) is 0 Å². The number of rotatable bonds is 7. The first-order valence-electron chi connectivity index (χ1n) is 11.6. The largest absolute Gasteiger partial charge is 0.423 e. The van der Waals surface area contributed by atoms with Crippen LogP contribution in [0, 0.1) is 11.6 Å². The van der Waals surface area contributed by atoms with Gasteiger partial charge >= 0.3 is 0 Å². The first-order chi connectivity index (χ1) is 18.5. The molecule has 1 aliphatic heterocycles. The molecule has 0 radical (unpaired) electrons. The Kier molecular flexibility index (Phi) is 6.01. The normalized spacial score (nSPS) is 13.9. The van der Waals surface area contributed by atoms with Gasteiger partial charge in [0.2, 0.25) is 12.3 Å². The van der Waals surface area contributed by atoms with Crippen molar-refractivity contribution < 1.29 is 23.0 Å². The molecule has 2 aromatic carbocycles. The zero-order valence-electron chi connectivity index (χ0n) is 19.6. The van der Waals surface area contributed by atoms with Crippen LogP contribution >= 0.6 is 0 Å². The second kappa shape index (κ2) is 9.64. The molecule has 5 aromatic rings. The summed E-state index contributed by atoms with van der Waals surface area (Å²) in [6, 6.07) is 7.92. The molecule has 0 saturated carbocycles. The van der Waals surface area contributed by atoms with Crippen molar-refractivity contribution in [2.75, 3.05) is 23.8 Å². The molecule has 0 aliphatic carbocycles. The van der Waals surface area contributed by atoms with E-state index in [1.54, 1.807) is 4.68 Å². The van der Waals surface area contributed by atoms with Gasteiger partial charge in [-0.25, -0.2) is 18.4 Å². The lowest BCUT2D eigenvalue weighted by Gasteiger charge is -2.19. The number of aromatic nitrogens is 6. The van der Waals surface area contributed by atoms with Crippen LogP contribution in [0.15, 0.2) is 58.2 Å². The lowest BCUT2D eigenvalue weighted by Crippen LogP contribution is -2.30. The van der Waals surface area contributed by atoms with Gasteiger partial charge in [0, 0.05) is 6.20 Å². The van der Waals surface area contributed by atoms with E-state index in [1.165, 1.54) is 47.3 Å². The van der Waals surface area contributed by atoms with Gasteiger partial charge in [-0.2, -0.15) is 4.98 Å². The molecule has 0 unspecified atom stereocenters. The third-order valence-electron chi connectivity index (χ3n) is 6.18. The van der Waals surface area contributed by atoms with Crippen LogP contribution in [0.4, 0.5) is 26.2 Å². The van der Waals surface area contributed by atoms with Crippen molar-refractivity contribution in [3.05, 3.63) is 76.5 Å². The first-order valence-corrected chi connectivity index (χ1v) is 11.6. The Morgan fingerprint density at radius 1 is 1.13 bits per heavy atom. The second-order valence-electron chi connectivity index (χ2n) is 8.44. The summed E-state index contributed by atoms with van der Waals surface area (Å²) in [6.45, 7) is 0.389. The summed E-state index contributed by atoms with van der Waals surface area (Å²) >= 11 is 0. The smallest absolute Gasteiger partial charge is 0.276 e. The van der Waals surface area contributed by atoms with Crippen LogP contribution in [0.3, 0.4) is 0 Å². The zero-order valence-corrected chi connectivity index (χ0v) is 19.6. The van der Waals surface area contributed by atoms with Crippen LogP contribution in [-0.4, -0.2) is 47.8 Å². The number of hydrogen-bond acceptors (Lipinski definition) is 10. The highest BCUT2D eigenvalue weighted by atomic mass is 19.1. The van der Waals surface area contributed by atoms with Gasteiger partial charge in [-0.05, 0) is 29.8 Å². The highest BCUT2D eigenvalue weighted by Gasteiger charge is 2.23. The molecule has 0 fully saturated rings. The lowest BCUT2D eigenvalue weighted by atomic mass is 10.1. The molecule has 1 aliphatic rings. The van der Waals surface area contributed by atoms with Crippen LogP contribution in [0.5, 0.6) is 0 Å².